The van der Waals surface area contributed by atoms with Gasteiger partial charge in [-0.3, -0.25) is 4.79 Å². The minimum atomic E-state index is -0.713. The lowest BCUT2D eigenvalue weighted by Crippen LogP contribution is -2.28. The minimum Gasteiger partial charge on any atom is -0.451 e. The van der Waals surface area contributed by atoms with Crippen LogP contribution in [0.3, 0.4) is 0 Å². The SMILES string of the molecule is C=CCNC(=O)COC(=O)c1sc2cc(F)ccc2c1Cl. The predicted molar refractivity (Wildman–Crippen MR) is 80.3 cm³/mol. The minimum absolute atomic E-state index is 0.147. The van der Waals surface area contributed by atoms with E-state index in [2.05, 4.69) is 11.9 Å². The fraction of sp³-hybridized carbons (Fsp3) is 0.143. The zero-order chi connectivity index (χ0) is 15.4. The summed E-state index contributed by atoms with van der Waals surface area (Å²) in [5.41, 5.74) is 0. The Morgan fingerprint density at radius 3 is 2.95 bits per heavy atom. The van der Waals surface area contributed by atoms with Crippen LogP contribution in [0.2, 0.25) is 5.02 Å². The summed E-state index contributed by atoms with van der Waals surface area (Å²) >= 11 is 7.10. The van der Waals surface area contributed by atoms with Crippen molar-refractivity contribution in [3.8, 4) is 0 Å². The summed E-state index contributed by atoms with van der Waals surface area (Å²) < 4.78 is 18.6. The summed E-state index contributed by atoms with van der Waals surface area (Å²) in [6, 6.07) is 4.05. The lowest BCUT2D eigenvalue weighted by molar-refractivity contribution is -0.124. The third-order valence-electron chi connectivity index (χ3n) is 2.55. The number of rotatable bonds is 5. The van der Waals surface area contributed by atoms with Gasteiger partial charge >= 0.3 is 5.97 Å². The Hall–Kier alpha value is -1.92. The molecule has 0 saturated carbocycles. The number of carbonyl (C=O) groups excluding carboxylic acids is 2. The summed E-state index contributed by atoms with van der Waals surface area (Å²) in [6.45, 7) is 3.33. The van der Waals surface area contributed by atoms with E-state index in [1.807, 2.05) is 0 Å². The largest absolute Gasteiger partial charge is 0.451 e. The van der Waals surface area contributed by atoms with Crippen LogP contribution in [-0.4, -0.2) is 25.0 Å². The van der Waals surface area contributed by atoms with Crippen LogP contribution in [-0.2, 0) is 9.53 Å². The number of amides is 1. The van der Waals surface area contributed by atoms with Crippen molar-refractivity contribution < 1.29 is 18.7 Å². The fourth-order valence-corrected chi connectivity index (χ4v) is 3.03. The van der Waals surface area contributed by atoms with Crippen LogP contribution in [0, 0.1) is 5.82 Å². The van der Waals surface area contributed by atoms with Gasteiger partial charge in [0.2, 0.25) is 0 Å². The van der Waals surface area contributed by atoms with E-state index in [0.29, 0.717) is 16.6 Å². The Balaban J connectivity index is 2.11. The van der Waals surface area contributed by atoms with Crippen molar-refractivity contribution >= 4 is 44.9 Å². The Kier molecular flexibility index (Phi) is 4.93. The molecule has 0 saturated heterocycles. The second kappa shape index (κ2) is 6.69. The number of halogens is 2. The van der Waals surface area contributed by atoms with Crippen molar-refractivity contribution in [3.05, 3.63) is 46.6 Å². The number of hydrogen-bond donors (Lipinski definition) is 1. The van der Waals surface area contributed by atoms with Gasteiger partial charge in [0.15, 0.2) is 6.61 Å². The van der Waals surface area contributed by atoms with Crippen LogP contribution in [0.4, 0.5) is 4.39 Å². The first kappa shape index (κ1) is 15.5. The molecule has 2 rings (SSSR count). The number of ether oxygens (including phenoxy) is 1. The highest BCUT2D eigenvalue weighted by Gasteiger charge is 2.19. The number of thiophene rings is 1. The van der Waals surface area contributed by atoms with Gasteiger partial charge in [0.1, 0.15) is 10.7 Å². The number of fused-ring (bicyclic) bond motifs is 1. The maximum Gasteiger partial charge on any atom is 0.350 e. The van der Waals surface area contributed by atoms with E-state index in [-0.39, 0.29) is 9.90 Å². The van der Waals surface area contributed by atoms with Gasteiger partial charge in [-0.05, 0) is 18.2 Å². The molecular weight excluding hydrogens is 317 g/mol. The highest BCUT2D eigenvalue weighted by molar-refractivity contribution is 7.21. The van der Waals surface area contributed by atoms with E-state index in [9.17, 15) is 14.0 Å². The summed E-state index contributed by atoms with van der Waals surface area (Å²) in [4.78, 5) is 23.4. The fourth-order valence-electron chi connectivity index (χ4n) is 1.60. The van der Waals surface area contributed by atoms with Crippen LogP contribution in [0.5, 0.6) is 0 Å². The van der Waals surface area contributed by atoms with E-state index in [1.54, 1.807) is 0 Å². The second-order valence-electron chi connectivity index (χ2n) is 4.05. The van der Waals surface area contributed by atoms with Crippen LogP contribution in [0.1, 0.15) is 9.67 Å². The lowest BCUT2D eigenvalue weighted by Gasteiger charge is -2.03. The van der Waals surface area contributed by atoms with E-state index >= 15 is 0 Å². The molecule has 2 aromatic rings. The van der Waals surface area contributed by atoms with Crippen molar-refractivity contribution in [2.24, 2.45) is 0 Å². The maximum atomic E-state index is 13.1. The molecule has 0 fully saturated rings. The Labute approximate surface area is 129 Å². The molecular formula is C14H11ClFNO3S. The number of nitrogens with one attached hydrogen (secondary N) is 1. The zero-order valence-electron chi connectivity index (χ0n) is 10.8. The van der Waals surface area contributed by atoms with Crippen molar-refractivity contribution in [2.45, 2.75) is 0 Å². The van der Waals surface area contributed by atoms with Crippen LogP contribution in [0.15, 0.2) is 30.9 Å². The normalized spacial score (nSPS) is 10.4. The molecule has 0 radical (unpaired) electrons. The quantitative estimate of drug-likeness (QED) is 0.678. The molecule has 1 aromatic carbocycles. The molecule has 0 bridgehead atoms. The summed E-state index contributed by atoms with van der Waals surface area (Å²) in [5.74, 6) is -1.56. The van der Waals surface area contributed by atoms with Gasteiger partial charge < -0.3 is 10.1 Å². The van der Waals surface area contributed by atoms with Gasteiger partial charge in [-0.25, -0.2) is 9.18 Å². The maximum absolute atomic E-state index is 13.1. The van der Waals surface area contributed by atoms with Gasteiger partial charge in [0, 0.05) is 16.6 Å². The summed E-state index contributed by atoms with van der Waals surface area (Å²) in [7, 11) is 0. The molecule has 0 atom stereocenters. The molecule has 7 heteroatoms. The number of hydrogen-bond acceptors (Lipinski definition) is 4. The molecule has 4 nitrogen and oxygen atoms in total. The molecule has 0 unspecified atom stereocenters. The standard InChI is InChI=1S/C14H11ClFNO3S/c1-2-5-17-11(18)7-20-14(19)13-12(15)9-4-3-8(16)6-10(9)21-13/h2-4,6H,1,5,7H2,(H,17,18). The molecule has 0 aliphatic carbocycles. The van der Waals surface area contributed by atoms with Crippen LogP contribution < -0.4 is 5.32 Å². The smallest absolute Gasteiger partial charge is 0.350 e. The highest BCUT2D eigenvalue weighted by Crippen LogP contribution is 2.36. The average molecular weight is 328 g/mol. The first-order valence-corrected chi connectivity index (χ1v) is 7.14. The molecule has 0 aliphatic heterocycles. The molecule has 0 aliphatic rings. The first-order valence-electron chi connectivity index (χ1n) is 5.95. The van der Waals surface area contributed by atoms with Crippen molar-refractivity contribution in [1.29, 1.82) is 0 Å². The van der Waals surface area contributed by atoms with Crippen LogP contribution in [0.25, 0.3) is 10.1 Å². The summed E-state index contributed by atoms with van der Waals surface area (Å²) in [5, 5.41) is 3.25. The van der Waals surface area contributed by atoms with Gasteiger partial charge in [0.25, 0.3) is 5.91 Å². The molecule has 1 N–H and O–H groups in total. The lowest BCUT2D eigenvalue weighted by atomic mass is 10.2. The topological polar surface area (TPSA) is 55.4 Å². The Morgan fingerprint density at radius 1 is 1.48 bits per heavy atom. The molecule has 1 aromatic heterocycles. The Morgan fingerprint density at radius 2 is 2.24 bits per heavy atom. The average Bonchev–Trinajstić information content (AvgIpc) is 2.79. The predicted octanol–water partition coefficient (Wildman–Crippen LogP) is 3.15. The summed E-state index contributed by atoms with van der Waals surface area (Å²) in [6.07, 6.45) is 1.51. The molecule has 1 heterocycles. The van der Waals surface area contributed by atoms with Crippen molar-refractivity contribution in [1.82, 2.24) is 5.32 Å². The molecule has 110 valence electrons. The zero-order valence-corrected chi connectivity index (χ0v) is 12.4. The Bertz CT molecular complexity index is 714. The number of carbonyl (C=O) groups is 2. The third-order valence-corrected chi connectivity index (χ3v) is 4.19. The first-order chi connectivity index (χ1) is 10.0. The monoisotopic (exact) mass is 327 g/mol. The third kappa shape index (κ3) is 3.59. The van der Waals surface area contributed by atoms with E-state index in [4.69, 9.17) is 16.3 Å². The van der Waals surface area contributed by atoms with E-state index < -0.39 is 24.3 Å². The van der Waals surface area contributed by atoms with Crippen molar-refractivity contribution in [2.75, 3.05) is 13.2 Å². The number of benzene rings is 1. The van der Waals surface area contributed by atoms with Crippen LogP contribution >= 0.6 is 22.9 Å². The highest BCUT2D eigenvalue weighted by atomic mass is 35.5. The molecule has 21 heavy (non-hydrogen) atoms. The molecule has 1 amide bonds. The van der Waals surface area contributed by atoms with E-state index in [1.165, 1.54) is 24.3 Å². The van der Waals surface area contributed by atoms with E-state index in [0.717, 1.165) is 11.3 Å². The van der Waals surface area contributed by atoms with Gasteiger partial charge in [-0.15, -0.1) is 17.9 Å². The second-order valence-corrected chi connectivity index (χ2v) is 5.48. The van der Waals surface area contributed by atoms with Gasteiger partial charge in [-0.1, -0.05) is 17.7 Å². The van der Waals surface area contributed by atoms with Gasteiger partial charge in [0.05, 0.1) is 5.02 Å². The molecule has 0 spiro atoms. The van der Waals surface area contributed by atoms with Crippen molar-refractivity contribution in [3.63, 3.8) is 0 Å². The number of esters is 1. The van der Waals surface area contributed by atoms with Gasteiger partial charge in [-0.2, -0.15) is 0 Å².